The van der Waals surface area contributed by atoms with Crippen molar-refractivity contribution >= 4 is 27.5 Å². The minimum atomic E-state index is -0.0163. The van der Waals surface area contributed by atoms with Gasteiger partial charge in [0.05, 0.1) is 11.7 Å². The smallest absolute Gasteiger partial charge is 0.256 e. The van der Waals surface area contributed by atoms with Gasteiger partial charge in [-0.25, -0.2) is 0 Å². The number of halogens is 1. The van der Waals surface area contributed by atoms with Gasteiger partial charge in [-0.3, -0.25) is 4.79 Å². The van der Waals surface area contributed by atoms with Crippen LogP contribution in [0.5, 0.6) is 0 Å². The van der Waals surface area contributed by atoms with Gasteiger partial charge in [0.15, 0.2) is 0 Å². The minimum absolute atomic E-state index is 0.0163. The maximum atomic E-state index is 12.4. The second kappa shape index (κ2) is 5.71. The molecule has 98 valence electrons. The van der Waals surface area contributed by atoms with E-state index in [2.05, 4.69) is 15.9 Å². The molecule has 0 aliphatic carbocycles. The van der Waals surface area contributed by atoms with Crippen LogP contribution in [-0.4, -0.2) is 36.6 Å². The molecule has 0 aromatic heterocycles. The van der Waals surface area contributed by atoms with Gasteiger partial charge in [0.25, 0.3) is 5.91 Å². The molecule has 1 unspecified atom stereocenters. The molecule has 0 bridgehead atoms. The highest BCUT2D eigenvalue weighted by Gasteiger charge is 2.22. The summed E-state index contributed by atoms with van der Waals surface area (Å²) in [5, 5.41) is 0. The van der Waals surface area contributed by atoms with Gasteiger partial charge in [-0.05, 0) is 31.5 Å². The van der Waals surface area contributed by atoms with Crippen molar-refractivity contribution in [2.75, 3.05) is 25.4 Å². The zero-order valence-corrected chi connectivity index (χ0v) is 11.9. The van der Waals surface area contributed by atoms with E-state index in [0.29, 0.717) is 24.4 Å². The Labute approximate surface area is 115 Å². The van der Waals surface area contributed by atoms with Crippen molar-refractivity contribution in [1.82, 2.24) is 4.90 Å². The standard InChI is InChI=1S/C13H17BrN2O2/c1-9-8-16(5-2-6-18-9)13(17)11-4-3-10(14)7-12(11)15/h3-4,7,9H,2,5-6,8,15H2,1H3. The molecule has 1 aromatic carbocycles. The molecule has 1 heterocycles. The molecule has 0 radical (unpaired) electrons. The average Bonchev–Trinajstić information content (AvgIpc) is 2.53. The normalized spacial score (nSPS) is 20.6. The lowest BCUT2D eigenvalue weighted by molar-refractivity contribution is 0.0563. The second-order valence-corrected chi connectivity index (χ2v) is 5.43. The number of nitrogens with zero attached hydrogens (tertiary/aromatic N) is 1. The highest BCUT2D eigenvalue weighted by molar-refractivity contribution is 9.10. The molecule has 0 saturated carbocycles. The van der Waals surface area contributed by atoms with E-state index < -0.39 is 0 Å². The number of nitrogen functional groups attached to an aromatic ring is 1. The van der Waals surface area contributed by atoms with Crippen LogP contribution in [0, 0.1) is 0 Å². The fraction of sp³-hybridized carbons (Fsp3) is 0.462. The third-order valence-electron chi connectivity index (χ3n) is 2.98. The summed E-state index contributed by atoms with van der Waals surface area (Å²) in [6.07, 6.45) is 0.945. The predicted molar refractivity (Wildman–Crippen MR) is 74.5 cm³/mol. The first-order valence-electron chi connectivity index (χ1n) is 6.04. The number of anilines is 1. The SMILES string of the molecule is CC1CN(C(=O)c2ccc(Br)cc2N)CCCO1. The van der Waals surface area contributed by atoms with Gasteiger partial charge < -0.3 is 15.4 Å². The molecule has 1 fully saturated rings. The van der Waals surface area contributed by atoms with E-state index in [9.17, 15) is 4.79 Å². The number of carbonyl (C=O) groups excluding carboxylic acids is 1. The van der Waals surface area contributed by atoms with Crippen LogP contribution < -0.4 is 5.73 Å². The lowest BCUT2D eigenvalue weighted by Crippen LogP contribution is -2.36. The Bertz CT molecular complexity index is 451. The van der Waals surface area contributed by atoms with E-state index in [1.54, 1.807) is 12.1 Å². The number of hydrogen-bond donors (Lipinski definition) is 1. The van der Waals surface area contributed by atoms with Crippen molar-refractivity contribution in [1.29, 1.82) is 0 Å². The fourth-order valence-electron chi connectivity index (χ4n) is 2.08. The molecule has 1 aliphatic heterocycles. The van der Waals surface area contributed by atoms with Gasteiger partial charge >= 0.3 is 0 Å². The quantitative estimate of drug-likeness (QED) is 0.809. The van der Waals surface area contributed by atoms with Crippen molar-refractivity contribution in [3.63, 3.8) is 0 Å². The molecule has 18 heavy (non-hydrogen) atoms. The highest BCUT2D eigenvalue weighted by atomic mass is 79.9. The number of benzene rings is 1. The van der Waals surface area contributed by atoms with Crippen LogP contribution in [0.2, 0.25) is 0 Å². The lowest BCUT2D eigenvalue weighted by atomic mass is 10.1. The summed E-state index contributed by atoms with van der Waals surface area (Å²) in [7, 11) is 0. The highest BCUT2D eigenvalue weighted by Crippen LogP contribution is 2.21. The molecule has 2 N–H and O–H groups in total. The van der Waals surface area contributed by atoms with E-state index in [0.717, 1.165) is 17.4 Å². The number of amides is 1. The lowest BCUT2D eigenvalue weighted by Gasteiger charge is -2.22. The number of carbonyl (C=O) groups is 1. The second-order valence-electron chi connectivity index (χ2n) is 4.52. The molecule has 4 nitrogen and oxygen atoms in total. The Morgan fingerprint density at radius 2 is 2.33 bits per heavy atom. The average molecular weight is 313 g/mol. The monoisotopic (exact) mass is 312 g/mol. The summed E-state index contributed by atoms with van der Waals surface area (Å²) in [6.45, 7) is 4.03. The van der Waals surface area contributed by atoms with Crippen LogP contribution in [0.1, 0.15) is 23.7 Å². The Balaban J connectivity index is 2.19. The van der Waals surface area contributed by atoms with Crippen molar-refractivity contribution in [2.45, 2.75) is 19.4 Å². The maximum absolute atomic E-state index is 12.4. The van der Waals surface area contributed by atoms with Crippen molar-refractivity contribution in [3.8, 4) is 0 Å². The Hall–Kier alpha value is -1.07. The topological polar surface area (TPSA) is 55.6 Å². The summed E-state index contributed by atoms with van der Waals surface area (Å²) in [6, 6.07) is 5.35. The van der Waals surface area contributed by atoms with Gasteiger partial charge in [0.2, 0.25) is 0 Å². The van der Waals surface area contributed by atoms with Crippen molar-refractivity contribution in [3.05, 3.63) is 28.2 Å². The summed E-state index contributed by atoms with van der Waals surface area (Å²) < 4.78 is 6.41. The molecular weight excluding hydrogens is 296 g/mol. The van der Waals surface area contributed by atoms with E-state index in [4.69, 9.17) is 10.5 Å². The molecule has 1 saturated heterocycles. The van der Waals surface area contributed by atoms with E-state index >= 15 is 0 Å². The van der Waals surface area contributed by atoms with Crippen LogP contribution in [0.15, 0.2) is 22.7 Å². The zero-order valence-electron chi connectivity index (χ0n) is 10.4. The van der Waals surface area contributed by atoms with Gasteiger partial charge in [0, 0.05) is 29.9 Å². The fourth-order valence-corrected chi connectivity index (χ4v) is 2.46. The van der Waals surface area contributed by atoms with Gasteiger partial charge in [0.1, 0.15) is 0 Å². The Kier molecular flexibility index (Phi) is 4.24. The van der Waals surface area contributed by atoms with Crippen LogP contribution >= 0.6 is 15.9 Å². The summed E-state index contributed by atoms with van der Waals surface area (Å²) in [5.74, 6) is -0.0163. The number of rotatable bonds is 1. The molecule has 5 heteroatoms. The molecule has 1 aliphatic rings. The van der Waals surface area contributed by atoms with E-state index in [1.165, 1.54) is 0 Å². The summed E-state index contributed by atoms with van der Waals surface area (Å²) in [4.78, 5) is 14.2. The van der Waals surface area contributed by atoms with Gasteiger partial charge in [-0.2, -0.15) is 0 Å². The molecular formula is C13H17BrN2O2. The van der Waals surface area contributed by atoms with Gasteiger partial charge in [-0.1, -0.05) is 15.9 Å². The first-order valence-corrected chi connectivity index (χ1v) is 6.83. The molecule has 2 rings (SSSR count). The molecule has 0 spiro atoms. The van der Waals surface area contributed by atoms with Crippen LogP contribution in [0.25, 0.3) is 0 Å². The van der Waals surface area contributed by atoms with Crippen molar-refractivity contribution in [2.24, 2.45) is 0 Å². The third-order valence-corrected chi connectivity index (χ3v) is 3.48. The Morgan fingerprint density at radius 3 is 3.06 bits per heavy atom. The van der Waals surface area contributed by atoms with Crippen LogP contribution in [0.4, 0.5) is 5.69 Å². The van der Waals surface area contributed by atoms with E-state index in [1.807, 2.05) is 17.9 Å². The largest absolute Gasteiger partial charge is 0.398 e. The van der Waals surface area contributed by atoms with Crippen LogP contribution in [-0.2, 0) is 4.74 Å². The first kappa shape index (κ1) is 13.4. The first-order chi connectivity index (χ1) is 8.58. The summed E-state index contributed by atoms with van der Waals surface area (Å²) in [5.41, 5.74) is 6.96. The summed E-state index contributed by atoms with van der Waals surface area (Å²) >= 11 is 3.34. The predicted octanol–water partition coefficient (Wildman–Crippen LogP) is 2.28. The van der Waals surface area contributed by atoms with Crippen molar-refractivity contribution < 1.29 is 9.53 Å². The zero-order chi connectivity index (χ0) is 13.1. The molecule has 1 aromatic rings. The van der Waals surface area contributed by atoms with Gasteiger partial charge in [-0.15, -0.1) is 0 Å². The van der Waals surface area contributed by atoms with E-state index in [-0.39, 0.29) is 12.0 Å². The Morgan fingerprint density at radius 1 is 1.56 bits per heavy atom. The number of nitrogens with two attached hydrogens (primary N) is 1. The maximum Gasteiger partial charge on any atom is 0.256 e. The minimum Gasteiger partial charge on any atom is -0.398 e. The number of hydrogen-bond acceptors (Lipinski definition) is 3. The number of ether oxygens (including phenoxy) is 1. The van der Waals surface area contributed by atoms with Crippen LogP contribution in [0.3, 0.4) is 0 Å². The molecule has 1 amide bonds. The third kappa shape index (κ3) is 3.03. The molecule has 1 atom stereocenters.